The normalized spacial score (nSPS) is 17.9. The number of carbonyl (C=O) groups excluding carboxylic acids is 1. The Morgan fingerprint density at radius 3 is 2.83 bits per heavy atom. The summed E-state index contributed by atoms with van der Waals surface area (Å²) >= 11 is 1.41. The van der Waals surface area contributed by atoms with Gasteiger partial charge in [-0.15, -0.1) is 0 Å². The zero-order chi connectivity index (χ0) is 20.9. The van der Waals surface area contributed by atoms with Gasteiger partial charge in [-0.3, -0.25) is 9.69 Å². The van der Waals surface area contributed by atoms with Crippen LogP contribution in [0.15, 0.2) is 24.4 Å². The zero-order valence-electron chi connectivity index (χ0n) is 17.2. The van der Waals surface area contributed by atoms with Gasteiger partial charge in [0.2, 0.25) is 0 Å². The number of rotatable bonds is 3. The topological polar surface area (TPSA) is 94.6 Å². The number of carbonyl (C=O) groups is 1. The summed E-state index contributed by atoms with van der Waals surface area (Å²) in [5, 5.41) is 3.82. The number of fused-ring (bicyclic) bond motifs is 3. The van der Waals surface area contributed by atoms with E-state index in [2.05, 4.69) is 34.0 Å². The number of nitrogens with zero attached hydrogens (tertiary/aromatic N) is 2. The van der Waals surface area contributed by atoms with Crippen LogP contribution in [-0.2, 0) is 17.8 Å². The smallest absolute Gasteiger partial charge is 0.281 e. The summed E-state index contributed by atoms with van der Waals surface area (Å²) in [6.07, 6.45) is 4.80. The molecule has 2 aliphatic heterocycles. The largest absolute Gasteiger partial charge is 0.397 e. The van der Waals surface area contributed by atoms with Gasteiger partial charge in [-0.2, -0.15) is 0 Å². The predicted molar refractivity (Wildman–Crippen MR) is 119 cm³/mol. The molecule has 3 aromatic heterocycles. The fourth-order valence-corrected chi connectivity index (χ4v) is 5.44. The minimum absolute atomic E-state index is 0.233. The number of aromatic amines is 1. The van der Waals surface area contributed by atoms with Crippen LogP contribution in [0.3, 0.4) is 0 Å². The Labute approximate surface area is 179 Å². The number of H-pyrrole nitrogens is 1. The molecule has 4 N–H and O–H groups in total. The lowest BCUT2D eigenvalue weighted by molar-refractivity contribution is -0.328. The third kappa shape index (κ3) is 3.30. The van der Waals surface area contributed by atoms with Crippen molar-refractivity contribution in [1.29, 1.82) is 0 Å². The van der Waals surface area contributed by atoms with Crippen LogP contribution in [0.2, 0.25) is 0 Å². The van der Waals surface area contributed by atoms with Crippen LogP contribution >= 0.6 is 11.3 Å². The van der Waals surface area contributed by atoms with Crippen molar-refractivity contribution < 1.29 is 14.5 Å². The Morgan fingerprint density at radius 1 is 1.30 bits per heavy atom. The monoisotopic (exact) mass is 424 g/mol. The van der Waals surface area contributed by atoms with Gasteiger partial charge in [-0.05, 0) is 44.4 Å². The standard InChI is InChI=1S/C22H25N5O2S/c1-22(2)11-13-14(12-29-22)19(27-9-5-6-10-27)26-21-16(13)17(23)18(30-21)20(28)25-15-7-3-4-8-24-15/h3-4,7-8H,5-6,9-12,23H2,1-2H3,(H,24,25,28)/p+1. The lowest BCUT2D eigenvalue weighted by Crippen LogP contribution is -2.36. The SMILES string of the molecule is CC1(C)Cc2c(c(N3CCCC3)[nH+]c3sc(C(=O)Nc4ccccn4)c(N)c23)CO1. The molecule has 5 rings (SSSR count). The molecule has 0 bridgehead atoms. The van der Waals surface area contributed by atoms with Crippen LogP contribution in [0, 0.1) is 0 Å². The molecular weight excluding hydrogens is 398 g/mol. The Balaban J connectivity index is 1.63. The van der Waals surface area contributed by atoms with Crippen LogP contribution < -0.4 is 20.9 Å². The Morgan fingerprint density at radius 2 is 2.10 bits per heavy atom. The van der Waals surface area contributed by atoms with E-state index in [1.807, 2.05) is 12.1 Å². The summed E-state index contributed by atoms with van der Waals surface area (Å²) in [4.78, 5) is 24.6. The van der Waals surface area contributed by atoms with E-state index in [0.717, 1.165) is 35.5 Å². The van der Waals surface area contributed by atoms with E-state index in [1.54, 1.807) is 12.3 Å². The van der Waals surface area contributed by atoms with E-state index >= 15 is 0 Å². The van der Waals surface area contributed by atoms with E-state index in [9.17, 15) is 4.79 Å². The highest BCUT2D eigenvalue weighted by molar-refractivity contribution is 7.21. The van der Waals surface area contributed by atoms with Gasteiger partial charge in [0.15, 0.2) is 4.83 Å². The van der Waals surface area contributed by atoms with Gasteiger partial charge in [0.25, 0.3) is 11.7 Å². The maximum absolute atomic E-state index is 13.0. The van der Waals surface area contributed by atoms with E-state index in [-0.39, 0.29) is 11.5 Å². The summed E-state index contributed by atoms with van der Waals surface area (Å²) in [6, 6.07) is 5.42. The number of hydrogen-bond donors (Lipinski definition) is 2. The molecule has 0 spiro atoms. The summed E-state index contributed by atoms with van der Waals surface area (Å²) in [5.41, 5.74) is 9.20. The molecule has 0 atom stereocenters. The second-order valence-electron chi connectivity index (χ2n) is 8.57. The van der Waals surface area contributed by atoms with Gasteiger partial charge in [-0.25, -0.2) is 9.97 Å². The lowest BCUT2D eigenvalue weighted by Gasteiger charge is -2.32. The number of nitrogen functional groups attached to an aromatic ring is 1. The van der Waals surface area contributed by atoms with Crippen LogP contribution in [-0.4, -0.2) is 29.6 Å². The zero-order valence-corrected chi connectivity index (χ0v) is 18.1. The van der Waals surface area contributed by atoms with Gasteiger partial charge >= 0.3 is 0 Å². The first-order valence-electron chi connectivity index (χ1n) is 10.3. The van der Waals surface area contributed by atoms with Gasteiger partial charge in [0.05, 0.1) is 41.9 Å². The van der Waals surface area contributed by atoms with Gasteiger partial charge in [0, 0.05) is 12.6 Å². The van der Waals surface area contributed by atoms with Crippen molar-refractivity contribution in [1.82, 2.24) is 4.98 Å². The molecule has 7 nitrogen and oxygen atoms in total. The summed E-state index contributed by atoms with van der Waals surface area (Å²) in [5.74, 6) is 1.39. The summed E-state index contributed by atoms with van der Waals surface area (Å²) in [6.45, 7) is 6.82. The van der Waals surface area contributed by atoms with Crippen LogP contribution in [0.5, 0.6) is 0 Å². The first-order chi connectivity index (χ1) is 14.4. The van der Waals surface area contributed by atoms with Gasteiger partial charge in [-0.1, -0.05) is 17.4 Å². The third-order valence-electron chi connectivity index (χ3n) is 5.87. The molecule has 0 aromatic carbocycles. The van der Waals surface area contributed by atoms with Crippen molar-refractivity contribution in [3.05, 3.63) is 40.4 Å². The lowest BCUT2D eigenvalue weighted by atomic mass is 9.90. The quantitative estimate of drug-likeness (QED) is 0.672. The number of thiophene rings is 1. The first-order valence-corrected chi connectivity index (χ1v) is 11.1. The van der Waals surface area contributed by atoms with Crippen molar-refractivity contribution in [3.8, 4) is 0 Å². The van der Waals surface area contributed by atoms with Crippen molar-refractivity contribution in [2.24, 2.45) is 0 Å². The highest BCUT2D eigenvalue weighted by Crippen LogP contribution is 2.42. The number of pyridine rings is 2. The molecule has 0 aliphatic carbocycles. The summed E-state index contributed by atoms with van der Waals surface area (Å²) in [7, 11) is 0. The van der Waals surface area contributed by atoms with E-state index in [1.165, 1.54) is 35.3 Å². The third-order valence-corrected chi connectivity index (χ3v) is 6.99. The van der Waals surface area contributed by atoms with E-state index < -0.39 is 0 Å². The van der Waals surface area contributed by atoms with Crippen molar-refractivity contribution in [3.63, 3.8) is 0 Å². The second-order valence-corrected chi connectivity index (χ2v) is 9.59. The number of ether oxygens (including phenoxy) is 1. The molecule has 1 amide bonds. The highest BCUT2D eigenvalue weighted by Gasteiger charge is 2.37. The molecule has 8 heteroatoms. The molecule has 0 unspecified atom stereocenters. The maximum atomic E-state index is 13.0. The maximum Gasteiger partial charge on any atom is 0.281 e. The summed E-state index contributed by atoms with van der Waals surface area (Å²) < 4.78 is 6.14. The van der Waals surface area contributed by atoms with Crippen molar-refractivity contribution in [2.75, 3.05) is 29.0 Å². The number of nitrogens with two attached hydrogens (primary N) is 1. The average Bonchev–Trinajstić information content (AvgIpc) is 3.35. The van der Waals surface area contributed by atoms with E-state index in [4.69, 9.17) is 10.5 Å². The molecule has 3 aromatic rings. The molecule has 30 heavy (non-hydrogen) atoms. The molecule has 156 valence electrons. The fraction of sp³-hybridized carbons (Fsp3) is 0.409. The molecule has 0 saturated carbocycles. The van der Waals surface area contributed by atoms with Crippen LogP contribution in [0.1, 0.15) is 47.5 Å². The minimum Gasteiger partial charge on any atom is -0.397 e. The molecule has 2 aliphatic rings. The Hall–Kier alpha value is -2.71. The number of amides is 1. The Bertz CT molecular complexity index is 1120. The average molecular weight is 425 g/mol. The second kappa shape index (κ2) is 7.21. The molecule has 1 fully saturated rings. The Kier molecular flexibility index (Phi) is 4.63. The fourth-order valence-electron chi connectivity index (χ4n) is 4.39. The minimum atomic E-state index is -0.270. The van der Waals surface area contributed by atoms with Crippen molar-refractivity contribution in [2.45, 2.75) is 45.3 Å². The molecule has 1 saturated heterocycles. The van der Waals surface area contributed by atoms with Gasteiger partial charge in [0.1, 0.15) is 10.7 Å². The van der Waals surface area contributed by atoms with Gasteiger partial charge < -0.3 is 15.8 Å². The van der Waals surface area contributed by atoms with Crippen LogP contribution in [0.4, 0.5) is 17.3 Å². The number of anilines is 3. The molecule has 0 radical (unpaired) electrons. The highest BCUT2D eigenvalue weighted by atomic mass is 32.1. The first kappa shape index (κ1) is 19.3. The molecule has 5 heterocycles. The number of hydrogen-bond acceptors (Lipinski definition) is 6. The molecular formula is C22H26N5O2S+. The van der Waals surface area contributed by atoms with Crippen LogP contribution in [0.25, 0.3) is 10.2 Å². The predicted octanol–water partition coefficient (Wildman–Crippen LogP) is 3.40. The number of nitrogens with one attached hydrogen (secondary N) is 2. The van der Waals surface area contributed by atoms with Crippen molar-refractivity contribution >= 4 is 44.8 Å². The van der Waals surface area contributed by atoms with E-state index in [0.29, 0.717) is 23.0 Å². The number of aromatic nitrogens is 2.